The summed E-state index contributed by atoms with van der Waals surface area (Å²) in [4.78, 5) is 10.7. The first-order valence-corrected chi connectivity index (χ1v) is 7.56. The number of hydrogen-bond acceptors (Lipinski definition) is 3. The Morgan fingerprint density at radius 1 is 1.44 bits per heavy atom. The molecule has 0 fully saturated rings. The molecule has 1 rings (SSSR count). The summed E-state index contributed by atoms with van der Waals surface area (Å²) in [6.45, 7) is 1.42. The van der Waals surface area contributed by atoms with Gasteiger partial charge < -0.3 is 0 Å². The van der Waals surface area contributed by atoms with Crippen LogP contribution in [0.5, 0.6) is 0 Å². The van der Waals surface area contributed by atoms with Gasteiger partial charge in [-0.05, 0) is 24.6 Å². The molecule has 0 aromatic heterocycles. The van der Waals surface area contributed by atoms with E-state index in [1.807, 2.05) is 0 Å². The monoisotopic (exact) mass is 324 g/mol. The van der Waals surface area contributed by atoms with Crippen molar-refractivity contribution in [3.8, 4) is 0 Å². The molecule has 0 spiro atoms. The van der Waals surface area contributed by atoms with Gasteiger partial charge in [0.25, 0.3) is 0 Å². The van der Waals surface area contributed by atoms with Crippen LogP contribution in [0, 0.1) is 0 Å². The zero-order valence-corrected chi connectivity index (χ0v) is 11.9. The molecule has 0 radical (unpaired) electrons. The highest BCUT2D eigenvalue weighted by Gasteiger charge is 2.18. The Balaban J connectivity index is 3.34. The van der Waals surface area contributed by atoms with E-state index in [-0.39, 0.29) is 15.7 Å². The number of carbonyl (C=O) groups is 1. The third kappa shape index (κ3) is 3.06. The smallest absolute Gasteiger partial charge is 0.177 e. The zero-order chi connectivity index (χ0) is 12.5. The van der Waals surface area contributed by atoms with E-state index in [0.717, 1.165) is 6.26 Å². The van der Waals surface area contributed by atoms with Gasteiger partial charge in [-0.25, -0.2) is 8.42 Å². The molecule has 1 atom stereocenters. The first-order valence-electron chi connectivity index (χ1n) is 4.37. The van der Waals surface area contributed by atoms with Crippen LogP contribution in [0.25, 0.3) is 0 Å². The fourth-order valence-electron chi connectivity index (χ4n) is 1.20. The topological polar surface area (TPSA) is 51.2 Å². The van der Waals surface area contributed by atoms with E-state index in [0.29, 0.717) is 5.56 Å². The molecule has 0 N–H and O–H groups in total. The van der Waals surface area contributed by atoms with Gasteiger partial charge in [0, 0.05) is 6.26 Å². The summed E-state index contributed by atoms with van der Waals surface area (Å²) < 4.78 is 22.8. The largest absolute Gasteiger partial charge is 0.298 e. The van der Waals surface area contributed by atoms with E-state index in [1.165, 1.54) is 19.1 Å². The molecule has 16 heavy (non-hydrogen) atoms. The highest BCUT2D eigenvalue weighted by atomic mass is 79.9. The third-order valence-corrected chi connectivity index (χ3v) is 4.76. The van der Waals surface area contributed by atoms with Crippen LogP contribution in [0.3, 0.4) is 0 Å². The second kappa shape index (κ2) is 4.85. The maximum absolute atomic E-state index is 11.4. The van der Waals surface area contributed by atoms with Gasteiger partial charge in [0.2, 0.25) is 0 Å². The molecule has 3 nitrogen and oxygen atoms in total. The number of Topliss-reactive ketones (excluding diaryl/α,β-unsaturated/α-hetero) is 1. The van der Waals surface area contributed by atoms with E-state index in [9.17, 15) is 13.2 Å². The van der Waals surface area contributed by atoms with Crippen molar-refractivity contribution in [3.63, 3.8) is 0 Å². The highest BCUT2D eigenvalue weighted by Crippen LogP contribution is 2.29. The molecule has 0 saturated heterocycles. The Morgan fingerprint density at radius 3 is 2.44 bits per heavy atom. The van der Waals surface area contributed by atoms with Crippen LogP contribution >= 0.6 is 27.5 Å². The van der Waals surface area contributed by atoms with Crippen molar-refractivity contribution < 1.29 is 13.2 Å². The Morgan fingerprint density at radius 2 is 2.00 bits per heavy atom. The minimum atomic E-state index is -3.38. The first-order chi connectivity index (χ1) is 7.23. The lowest BCUT2D eigenvalue weighted by Crippen LogP contribution is -2.04. The molecule has 1 aromatic carbocycles. The van der Waals surface area contributed by atoms with Crippen LogP contribution in [0.2, 0.25) is 5.02 Å². The van der Waals surface area contributed by atoms with Gasteiger partial charge in [-0.2, -0.15) is 0 Å². The predicted octanol–water partition coefficient (Wildman–Crippen LogP) is 2.77. The van der Waals surface area contributed by atoms with E-state index in [1.54, 1.807) is 6.07 Å². The van der Waals surface area contributed by atoms with Gasteiger partial charge in [0.05, 0.1) is 14.7 Å². The molecule has 6 heteroatoms. The lowest BCUT2D eigenvalue weighted by Gasteiger charge is -2.09. The SMILES string of the molecule is CC(=O)[C@H](Br)c1ccc(Cl)c(S(C)(=O)=O)c1. The number of benzene rings is 1. The molecule has 0 aliphatic heterocycles. The number of alkyl halides is 1. The maximum Gasteiger partial charge on any atom is 0.177 e. The Hall–Kier alpha value is -0.390. The molecule has 0 aliphatic rings. The number of hydrogen-bond donors (Lipinski definition) is 0. The summed E-state index contributed by atoms with van der Waals surface area (Å²) in [5.41, 5.74) is 0.581. The minimum Gasteiger partial charge on any atom is -0.298 e. The van der Waals surface area contributed by atoms with Crippen molar-refractivity contribution in [1.29, 1.82) is 0 Å². The fraction of sp³-hybridized carbons (Fsp3) is 0.300. The summed E-state index contributed by atoms with van der Waals surface area (Å²) in [6.07, 6.45) is 1.08. The molecular formula is C10H10BrClO3S. The van der Waals surface area contributed by atoms with Crippen LogP contribution in [0.4, 0.5) is 0 Å². The van der Waals surface area contributed by atoms with E-state index in [2.05, 4.69) is 15.9 Å². The summed E-state index contributed by atoms with van der Waals surface area (Å²) >= 11 is 8.97. The molecule has 0 unspecified atom stereocenters. The van der Waals surface area contributed by atoms with Crippen molar-refractivity contribution in [2.24, 2.45) is 0 Å². The van der Waals surface area contributed by atoms with Crippen molar-refractivity contribution in [1.82, 2.24) is 0 Å². The first kappa shape index (κ1) is 13.7. The number of halogens is 2. The highest BCUT2D eigenvalue weighted by molar-refractivity contribution is 9.09. The number of sulfone groups is 1. The quantitative estimate of drug-likeness (QED) is 0.803. The van der Waals surface area contributed by atoms with E-state index >= 15 is 0 Å². The van der Waals surface area contributed by atoms with Crippen LogP contribution in [0.15, 0.2) is 23.1 Å². The van der Waals surface area contributed by atoms with Gasteiger partial charge in [-0.3, -0.25) is 4.79 Å². The van der Waals surface area contributed by atoms with E-state index in [4.69, 9.17) is 11.6 Å². The predicted molar refractivity (Wildman–Crippen MR) is 66.9 cm³/mol. The number of ketones is 1. The fourth-order valence-corrected chi connectivity index (χ4v) is 2.79. The van der Waals surface area contributed by atoms with Crippen LogP contribution in [-0.2, 0) is 14.6 Å². The molecule has 0 bridgehead atoms. The maximum atomic E-state index is 11.4. The summed E-state index contributed by atoms with van der Waals surface area (Å²) in [7, 11) is -3.38. The third-order valence-electron chi connectivity index (χ3n) is 2.00. The Bertz CT molecular complexity index is 525. The molecule has 88 valence electrons. The van der Waals surface area contributed by atoms with Gasteiger partial charge in [-0.1, -0.05) is 33.6 Å². The van der Waals surface area contributed by atoms with Crippen molar-refractivity contribution in [2.45, 2.75) is 16.6 Å². The van der Waals surface area contributed by atoms with Crippen LogP contribution in [0.1, 0.15) is 17.3 Å². The minimum absolute atomic E-state index is 0.0392. The molecule has 0 heterocycles. The Labute approximate surface area is 108 Å². The Kier molecular flexibility index (Phi) is 4.15. The molecule has 0 aliphatic carbocycles. The molecule has 0 saturated carbocycles. The summed E-state index contributed by atoms with van der Waals surface area (Å²) in [6, 6.07) is 4.51. The summed E-state index contributed by atoms with van der Waals surface area (Å²) in [5.74, 6) is -0.0956. The normalized spacial score (nSPS) is 13.5. The zero-order valence-electron chi connectivity index (χ0n) is 8.70. The van der Waals surface area contributed by atoms with Gasteiger partial charge in [0.15, 0.2) is 9.84 Å². The second-order valence-electron chi connectivity index (χ2n) is 3.44. The van der Waals surface area contributed by atoms with Gasteiger partial charge in [0.1, 0.15) is 5.78 Å². The van der Waals surface area contributed by atoms with Gasteiger partial charge >= 0.3 is 0 Å². The van der Waals surface area contributed by atoms with Crippen molar-refractivity contribution >= 4 is 43.2 Å². The standard InChI is InChI=1S/C10H10BrClO3S/c1-6(13)10(11)7-3-4-8(12)9(5-7)16(2,14)15/h3-5,10H,1-2H3/t10-/m0/s1. The lowest BCUT2D eigenvalue weighted by molar-refractivity contribution is -0.116. The summed E-state index contributed by atoms with van der Waals surface area (Å²) in [5, 5.41) is 0.162. The van der Waals surface area contributed by atoms with Crippen LogP contribution < -0.4 is 0 Å². The molecule has 1 aromatic rings. The van der Waals surface area contributed by atoms with Crippen molar-refractivity contribution in [2.75, 3.05) is 6.26 Å². The molecule has 0 amide bonds. The van der Waals surface area contributed by atoms with Crippen LogP contribution in [-0.4, -0.2) is 20.5 Å². The van der Waals surface area contributed by atoms with E-state index < -0.39 is 14.7 Å². The number of rotatable bonds is 3. The van der Waals surface area contributed by atoms with Crippen molar-refractivity contribution in [3.05, 3.63) is 28.8 Å². The molecular weight excluding hydrogens is 316 g/mol. The lowest BCUT2D eigenvalue weighted by atomic mass is 10.1. The number of carbonyl (C=O) groups excluding carboxylic acids is 1. The van der Waals surface area contributed by atoms with Gasteiger partial charge in [-0.15, -0.1) is 0 Å². The average Bonchev–Trinajstić information content (AvgIpc) is 2.15. The second-order valence-corrected chi connectivity index (χ2v) is 6.74. The average molecular weight is 326 g/mol.